The number of esters is 1. The predicted octanol–water partition coefficient (Wildman–Crippen LogP) is 4.41. The van der Waals surface area contributed by atoms with Crippen LogP contribution in [0.25, 0.3) is 22.7 Å². The molecule has 1 aromatic heterocycles. The predicted molar refractivity (Wildman–Crippen MR) is 98.2 cm³/mol. The molecule has 0 aliphatic carbocycles. The molecule has 4 heteroatoms. The third kappa shape index (κ3) is 3.31. The summed E-state index contributed by atoms with van der Waals surface area (Å²) in [6.07, 6.45) is 3.52. The molecule has 0 amide bonds. The van der Waals surface area contributed by atoms with Gasteiger partial charge in [0.05, 0.1) is 12.1 Å². The normalized spacial score (nSPS) is 11.3. The molecule has 25 heavy (non-hydrogen) atoms. The lowest BCUT2D eigenvalue weighted by Crippen LogP contribution is -2.05. The van der Waals surface area contributed by atoms with Crippen LogP contribution in [0.2, 0.25) is 0 Å². The molecule has 1 heterocycles. The molecule has 3 aromatic rings. The lowest BCUT2D eigenvalue weighted by atomic mass is 10.1. The number of rotatable bonds is 4. The molecule has 0 fully saturated rings. The van der Waals surface area contributed by atoms with Crippen LogP contribution in [0.5, 0.6) is 0 Å². The zero-order valence-electron chi connectivity index (χ0n) is 14.2. The van der Waals surface area contributed by atoms with Crippen molar-refractivity contribution >= 4 is 22.9 Å². The maximum atomic E-state index is 11.9. The summed E-state index contributed by atoms with van der Waals surface area (Å²) in [4.78, 5) is 11.9. The summed E-state index contributed by atoms with van der Waals surface area (Å²) in [6, 6.07) is 18.0. The monoisotopic (exact) mass is 330 g/mol. The van der Waals surface area contributed by atoms with E-state index < -0.39 is 5.97 Å². The smallest absolute Gasteiger partial charge is 0.348 e. The summed E-state index contributed by atoms with van der Waals surface area (Å²) in [5.74, 6) is -0.600. The van der Waals surface area contributed by atoms with Crippen molar-refractivity contribution in [1.82, 2.24) is 4.57 Å². The van der Waals surface area contributed by atoms with Crippen LogP contribution in [0, 0.1) is 18.3 Å². The number of nitriles is 1. The molecule has 4 nitrogen and oxygen atoms in total. The molecule has 0 aliphatic rings. The Morgan fingerprint density at radius 2 is 1.92 bits per heavy atom. The molecular formula is C21H18N2O2. The van der Waals surface area contributed by atoms with E-state index in [2.05, 4.69) is 16.7 Å². The van der Waals surface area contributed by atoms with Gasteiger partial charge in [-0.05, 0) is 38.1 Å². The van der Waals surface area contributed by atoms with E-state index in [1.165, 1.54) is 5.56 Å². The van der Waals surface area contributed by atoms with Gasteiger partial charge < -0.3 is 9.30 Å². The van der Waals surface area contributed by atoms with E-state index >= 15 is 0 Å². The Morgan fingerprint density at radius 3 is 2.60 bits per heavy atom. The lowest BCUT2D eigenvalue weighted by Gasteiger charge is -2.05. The van der Waals surface area contributed by atoms with Crippen LogP contribution < -0.4 is 0 Å². The largest absolute Gasteiger partial charge is 0.462 e. The van der Waals surface area contributed by atoms with Crippen LogP contribution in [0.4, 0.5) is 0 Å². The van der Waals surface area contributed by atoms with E-state index in [0.29, 0.717) is 0 Å². The van der Waals surface area contributed by atoms with E-state index in [4.69, 9.17) is 4.74 Å². The van der Waals surface area contributed by atoms with Gasteiger partial charge in [0.15, 0.2) is 0 Å². The summed E-state index contributed by atoms with van der Waals surface area (Å²) in [6.45, 7) is 4.00. The molecule has 0 saturated heterocycles. The van der Waals surface area contributed by atoms with Crippen LogP contribution >= 0.6 is 0 Å². The third-order valence-electron chi connectivity index (χ3n) is 3.97. The maximum absolute atomic E-state index is 11.9. The van der Waals surface area contributed by atoms with Gasteiger partial charge in [-0.3, -0.25) is 0 Å². The molecule has 0 aliphatic heterocycles. The minimum absolute atomic E-state index is 0.00587. The summed E-state index contributed by atoms with van der Waals surface area (Å²) < 4.78 is 7.00. The van der Waals surface area contributed by atoms with Crippen LogP contribution in [-0.2, 0) is 9.53 Å². The molecule has 0 spiro atoms. The number of aromatic nitrogens is 1. The standard InChI is InChI=1S/C21H18N2O2/c1-3-25-21(24)16(13-22)12-17-14-23(18-10-8-15(2)9-11-18)20-7-5-4-6-19(17)20/h4-12,14H,3H2,1-2H3/b16-12+. The van der Waals surface area contributed by atoms with Crippen LogP contribution in [-0.4, -0.2) is 17.1 Å². The Hall–Kier alpha value is -3.32. The fourth-order valence-corrected chi connectivity index (χ4v) is 2.74. The van der Waals surface area contributed by atoms with Gasteiger partial charge in [0.25, 0.3) is 0 Å². The molecule has 0 atom stereocenters. The van der Waals surface area contributed by atoms with Crippen molar-refractivity contribution in [2.75, 3.05) is 6.61 Å². The number of para-hydroxylation sites is 1. The van der Waals surface area contributed by atoms with Gasteiger partial charge >= 0.3 is 5.97 Å². The summed E-state index contributed by atoms with van der Waals surface area (Å²) in [7, 11) is 0. The van der Waals surface area contributed by atoms with Crippen molar-refractivity contribution < 1.29 is 9.53 Å². The summed E-state index contributed by atoms with van der Waals surface area (Å²) in [5, 5.41) is 10.3. The number of benzene rings is 2. The Balaban J connectivity index is 2.16. The molecule has 124 valence electrons. The molecule has 2 aromatic carbocycles. The van der Waals surface area contributed by atoms with Crippen molar-refractivity contribution in [2.24, 2.45) is 0 Å². The highest BCUT2D eigenvalue weighted by molar-refractivity contribution is 6.01. The van der Waals surface area contributed by atoms with E-state index in [1.807, 2.05) is 55.6 Å². The lowest BCUT2D eigenvalue weighted by molar-refractivity contribution is -0.137. The van der Waals surface area contributed by atoms with Gasteiger partial charge in [-0.1, -0.05) is 35.9 Å². The topological polar surface area (TPSA) is 55.0 Å². The van der Waals surface area contributed by atoms with Crippen molar-refractivity contribution in [3.8, 4) is 11.8 Å². The van der Waals surface area contributed by atoms with E-state index in [-0.39, 0.29) is 12.2 Å². The van der Waals surface area contributed by atoms with Gasteiger partial charge in [-0.15, -0.1) is 0 Å². The molecule has 0 bridgehead atoms. The fourth-order valence-electron chi connectivity index (χ4n) is 2.74. The number of hydrogen-bond acceptors (Lipinski definition) is 3. The Morgan fingerprint density at radius 1 is 1.20 bits per heavy atom. The number of nitrogens with zero attached hydrogens (tertiary/aromatic N) is 2. The second-order valence-electron chi connectivity index (χ2n) is 5.70. The van der Waals surface area contributed by atoms with Crippen molar-refractivity contribution in [3.63, 3.8) is 0 Å². The average molecular weight is 330 g/mol. The summed E-state index contributed by atoms with van der Waals surface area (Å²) in [5.41, 5.74) is 4.03. The van der Waals surface area contributed by atoms with Crippen LogP contribution in [0.1, 0.15) is 18.1 Å². The Labute approximate surface area is 146 Å². The Kier molecular flexibility index (Phi) is 4.67. The first-order valence-corrected chi connectivity index (χ1v) is 8.10. The zero-order valence-corrected chi connectivity index (χ0v) is 14.2. The highest BCUT2D eigenvalue weighted by atomic mass is 16.5. The zero-order chi connectivity index (χ0) is 17.8. The molecule has 0 N–H and O–H groups in total. The van der Waals surface area contributed by atoms with Crippen LogP contribution in [0.15, 0.2) is 60.3 Å². The SMILES string of the molecule is CCOC(=O)/C(C#N)=C/c1cn(-c2ccc(C)cc2)c2ccccc12. The second kappa shape index (κ2) is 7.06. The molecule has 0 radical (unpaired) electrons. The van der Waals surface area contributed by atoms with Crippen molar-refractivity contribution in [2.45, 2.75) is 13.8 Å². The molecule has 0 unspecified atom stereocenters. The van der Waals surface area contributed by atoms with Gasteiger partial charge in [-0.2, -0.15) is 5.26 Å². The molecule has 3 rings (SSSR count). The number of fused-ring (bicyclic) bond motifs is 1. The van der Waals surface area contributed by atoms with E-state index in [9.17, 15) is 10.1 Å². The van der Waals surface area contributed by atoms with Crippen molar-refractivity contribution in [3.05, 3.63) is 71.4 Å². The average Bonchev–Trinajstić information content (AvgIpc) is 2.99. The Bertz CT molecular complexity index is 989. The number of ether oxygens (including phenoxy) is 1. The van der Waals surface area contributed by atoms with Crippen molar-refractivity contribution in [1.29, 1.82) is 5.26 Å². The quantitative estimate of drug-likeness (QED) is 0.404. The number of hydrogen-bond donors (Lipinski definition) is 0. The minimum atomic E-state index is -0.600. The highest BCUT2D eigenvalue weighted by Crippen LogP contribution is 2.27. The maximum Gasteiger partial charge on any atom is 0.348 e. The first-order chi connectivity index (χ1) is 12.1. The van der Waals surface area contributed by atoms with Crippen LogP contribution in [0.3, 0.4) is 0 Å². The van der Waals surface area contributed by atoms with Gasteiger partial charge in [0, 0.05) is 22.8 Å². The molecular weight excluding hydrogens is 312 g/mol. The second-order valence-corrected chi connectivity index (χ2v) is 5.70. The highest BCUT2D eigenvalue weighted by Gasteiger charge is 2.13. The number of carbonyl (C=O) groups is 1. The minimum Gasteiger partial charge on any atom is -0.462 e. The van der Waals surface area contributed by atoms with Gasteiger partial charge in [-0.25, -0.2) is 4.79 Å². The first kappa shape index (κ1) is 16.5. The first-order valence-electron chi connectivity index (χ1n) is 8.10. The molecule has 0 saturated carbocycles. The fraction of sp³-hybridized carbons (Fsp3) is 0.143. The number of carbonyl (C=O) groups excluding carboxylic acids is 1. The third-order valence-corrected chi connectivity index (χ3v) is 3.97. The van der Waals surface area contributed by atoms with E-state index in [1.54, 1.807) is 13.0 Å². The number of aryl methyl sites for hydroxylation is 1. The van der Waals surface area contributed by atoms with Gasteiger partial charge in [0.1, 0.15) is 11.6 Å². The summed E-state index contributed by atoms with van der Waals surface area (Å²) >= 11 is 0. The van der Waals surface area contributed by atoms with Gasteiger partial charge in [0.2, 0.25) is 0 Å². The van der Waals surface area contributed by atoms with E-state index in [0.717, 1.165) is 22.2 Å².